The molecular formula is C14H22. The van der Waals surface area contributed by atoms with Crippen molar-refractivity contribution in [2.75, 3.05) is 0 Å². The van der Waals surface area contributed by atoms with E-state index in [1.54, 1.807) is 11.1 Å². The molecule has 14 heavy (non-hydrogen) atoms. The molecule has 2 bridgehead atoms. The Hall–Kier alpha value is -0.520. The fourth-order valence-corrected chi connectivity index (χ4v) is 3.68. The van der Waals surface area contributed by atoms with Gasteiger partial charge in [-0.1, -0.05) is 32.4 Å². The summed E-state index contributed by atoms with van der Waals surface area (Å²) in [7, 11) is 0. The monoisotopic (exact) mass is 190 g/mol. The van der Waals surface area contributed by atoms with Crippen molar-refractivity contribution in [3.05, 3.63) is 22.8 Å². The van der Waals surface area contributed by atoms with Crippen molar-refractivity contribution < 1.29 is 0 Å². The topological polar surface area (TPSA) is 0 Å². The van der Waals surface area contributed by atoms with Gasteiger partial charge in [0.1, 0.15) is 0 Å². The predicted molar refractivity (Wildman–Crippen MR) is 62.1 cm³/mol. The van der Waals surface area contributed by atoms with Gasteiger partial charge in [0, 0.05) is 0 Å². The van der Waals surface area contributed by atoms with Crippen LogP contribution in [0.4, 0.5) is 0 Å². The zero-order valence-corrected chi connectivity index (χ0v) is 10.4. The van der Waals surface area contributed by atoms with Crippen molar-refractivity contribution in [3.8, 4) is 0 Å². The van der Waals surface area contributed by atoms with Gasteiger partial charge in [0.25, 0.3) is 0 Å². The average Bonchev–Trinajstić information content (AvgIpc) is 2.49. The largest absolute Gasteiger partial charge is 0.0836 e. The molecule has 0 aromatic carbocycles. The number of fused-ring (bicyclic) bond motifs is 1. The van der Waals surface area contributed by atoms with Crippen LogP contribution in [-0.4, -0.2) is 0 Å². The van der Waals surface area contributed by atoms with Crippen LogP contribution in [0, 0.1) is 16.7 Å². The van der Waals surface area contributed by atoms with Crippen LogP contribution in [0.15, 0.2) is 22.8 Å². The lowest BCUT2D eigenvalue weighted by molar-refractivity contribution is -0.0156. The maximum atomic E-state index is 2.44. The van der Waals surface area contributed by atoms with Gasteiger partial charge < -0.3 is 0 Å². The molecule has 2 unspecified atom stereocenters. The number of rotatable bonds is 0. The van der Waals surface area contributed by atoms with Gasteiger partial charge in [0.05, 0.1) is 0 Å². The summed E-state index contributed by atoms with van der Waals surface area (Å²) < 4.78 is 0. The molecule has 0 aliphatic heterocycles. The Labute approximate surface area is 88.1 Å². The molecule has 0 radical (unpaired) electrons. The van der Waals surface area contributed by atoms with Gasteiger partial charge in [0.2, 0.25) is 0 Å². The first kappa shape index (κ1) is 10.0. The first-order chi connectivity index (χ1) is 6.36. The van der Waals surface area contributed by atoms with Crippen LogP contribution in [0.1, 0.15) is 48.0 Å². The van der Waals surface area contributed by atoms with Crippen LogP contribution in [0.25, 0.3) is 0 Å². The second kappa shape index (κ2) is 2.53. The van der Waals surface area contributed by atoms with Gasteiger partial charge >= 0.3 is 0 Å². The van der Waals surface area contributed by atoms with Crippen LogP contribution in [-0.2, 0) is 0 Å². The first-order valence-corrected chi connectivity index (χ1v) is 5.71. The van der Waals surface area contributed by atoms with E-state index >= 15 is 0 Å². The third kappa shape index (κ3) is 0.809. The number of hydrogen-bond donors (Lipinski definition) is 0. The summed E-state index contributed by atoms with van der Waals surface area (Å²) in [5.74, 6) is 0.823. The lowest BCUT2D eigenvalue weighted by Gasteiger charge is -2.52. The van der Waals surface area contributed by atoms with Gasteiger partial charge in [-0.3, -0.25) is 0 Å². The molecule has 3 rings (SSSR count). The maximum Gasteiger partial charge on any atom is -0.00127 e. The lowest BCUT2D eigenvalue weighted by Crippen LogP contribution is -2.46. The summed E-state index contributed by atoms with van der Waals surface area (Å²) in [6.45, 7) is 14.0. The zero-order chi connectivity index (χ0) is 10.7. The minimum Gasteiger partial charge on any atom is -0.0836 e. The normalized spacial score (nSPS) is 41.4. The summed E-state index contributed by atoms with van der Waals surface area (Å²) in [5.41, 5.74) is 5.77. The Morgan fingerprint density at radius 2 is 1.86 bits per heavy atom. The summed E-state index contributed by atoms with van der Waals surface area (Å²) in [6.07, 6.45) is 3.72. The molecule has 0 N–H and O–H groups in total. The smallest absolute Gasteiger partial charge is 0.00127 e. The Kier molecular flexibility index (Phi) is 1.81. The summed E-state index contributed by atoms with van der Waals surface area (Å²) in [6, 6.07) is 0. The van der Waals surface area contributed by atoms with E-state index < -0.39 is 0 Å². The number of hydrogen-bond acceptors (Lipinski definition) is 0. The van der Waals surface area contributed by atoms with Crippen molar-refractivity contribution >= 4 is 0 Å². The van der Waals surface area contributed by atoms with E-state index in [9.17, 15) is 0 Å². The molecule has 3 aliphatic carbocycles. The molecule has 78 valence electrons. The average molecular weight is 190 g/mol. The van der Waals surface area contributed by atoms with Crippen LogP contribution in [0.5, 0.6) is 0 Å². The molecular weight excluding hydrogens is 168 g/mol. The van der Waals surface area contributed by atoms with Crippen LogP contribution < -0.4 is 0 Å². The molecule has 0 aromatic heterocycles. The molecule has 0 heterocycles. The summed E-state index contributed by atoms with van der Waals surface area (Å²) in [4.78, 5) is 0. The van der Waals surface area contributed by atoms with Crippen molar-refractivity contribution in [1.82, 2.24) is 0 Å². The highest BCUT2D eigenvalue weighted by Crippen LogP contribution is 2.75. The molecule has 3 fully saturated rings. The van der Waals surface area contributed by atoms with E-state index in [1.165, 1.54) is 12.0 Å². The molecule has 0 nitrogen and oxygen atoms in total. The molecule has 3 saturated carbocycles. The Morgan fingerprint density at radius 1 is 1.29 bits per heavy atom. The van der Waals surface area contributed by atoms with E-state index in [2.05, 4.69) is 47.6 Å². The van der Waals surface area contributed by atoms with Crippen molar-refractivity contribution in [2.45, 2.75) is 48.0 Å². The second-order valence-corrected chi connectivity index (χ2v) is 5.93. The van der Waals surface area contributed by atoms with Gasteiger partial charge in [-0.05, 0) is 55.1 Å². The Morgan fingerprint density at radius 3 is 2.14 bits per heavy atom. The fourth-order valence-electron chi connectivity index (χ4n) is 3.68. The number of allylic oxidation sites excluding steroid dienone is 4. The quantitative estimate of drug-likeness (QED) is 0.533. The summed E-state index contributed by atoms with van der Waals surface area (Å²) in [5, 5.41) is 0. The van der Waals surface area contributed by atoms with Gasteiger partial charge in [-0.2, -0.15) is 0 Å². The van der Waals surface area contributed by atoms with E-state index in [0.29, 0.717) is 10.8 Å². The third-order valence-corrected chi connectivity index (χ3v) is 4.97. The van der Waals surface area contributed by atoms with Gasteiger partial charge in [-0.25, -0.2) is 0 Å². The van der Waals surface area contributed by atoms with E-state index in [1.807, 2.05) is 0 Å². The minimum absolute atomic E-state index is 0.457. The van der Waals surface area contributed by atoms with Crippen LogP contribution in [0.2, 0.25) is 0 Å². The first-order valence-electron chi connectivity index (χ1n) is 5.71. The highest BCUT2D eigenvalue weighted by molar-refractivity contribution is 5.54. The molecule has 0 aromatic rings. The highest BCUT2D eigenvalue weighted by Gasteiger charge is 2.66. The summed E-state index contributed by atoms with van der Waals surface area (Å²) >= 11 is 0. The van der Waals surface area contributed by atoms with E-state index in [0.717, 1.165) is 5.92 Å². The van der Waals surface area contributed by atoms with Crippen molar-refractivity contribution in [3.63, 3.8) is 0 Å². The Bertz CT molecular complexity index is 337. The van der Waals surface area contributed by atoms with Crippen molar-refractivity contribution in [2.24, 2.45) is 16.7 Å². The molecule has 0 heteroatoms. The predicted octanol–water partition coefficient (Wildman–Crippen LogP) is 4.34. The SMILES string of the molecule is C/C=C1/C(=C(C)C)C2CC1(C)C2(C)C. The molecule has 0 amide bonds. The van der Waals surface area contributed by atoms with E-state index in [-0.39, 0.29) is 0 Å². The third-order valence-electron chi connectivity index (χ3n) is 4.97. The molecule has 3 aliphatic rings. The Balaban J connectivity index is 2.60. The maximum absolute atomic E-state index is 2.44. The fraction of sp³-hybridized carbons (Fsp3) is 0.714. The lowest BCUT2D eigenvalue weighted by atomic mass is 9.51. The van der Waals surface area contributed by atoms with E-state index in [4.69, 9.17) is 0 Å². The standard InChI is InChI=1S/C14H22/c1-7-10-12(9(2)3)11-8-14(10,6)13(11,4)5/h7,11H,8H2,1-6H3/b10-7-. The highest BCUT2D eigenvalue weighted by atomic mass is 14.7. The zero-order valence-electron chi connectivity index (χ0n) is 10.4. The minimum atomic E-state index is 0.457. The van der Waals surface area contributed by atoms with Crippen LogP contribution in [0.3, 0.4) is 0 Å². The van der Waals surface area contributed by atoms with Gasteiger partial charge in [0.15, 0.2) is 0 Å². The van der Waals surface area contributed by atoms with Crippen LogP contribution >= 0.6 is 0 Å². The molecule has 2 atom stereocenters. The van der Waals surface area contributed by atoms with Crippen molar-refractivity contribution in [1.29, 1.82) is 0 Å². The second-order valence-electron chi connectivity index (χ2n) is 5.93. The van der Waals surface area contributed by atoms with Gasteiger partial charge in [-0.15, -0.1) is 0 Å². The molecule has 0 saturated heterocycles. The molecule has 0 spiro atoms.